The van der Waals surface area contributed by atoms with Crippen molar-refractivity contribution in [2.24, 2.45) is 0 Å². The van der Waals surface area contributed by atoms with Crippen molar-refractivity contribution in [1.29, 1.82) is 0 Å². The Hall–Kier alpha value is -9.17. The van der Waals surface area contributed by atoms with Gasteiger partial charge < -0.3 is 46.2 Å². The van der Waals surface area contributed by atoms with E-state index in [9.17, 15) is 25.2 Å². The van der Waals surface area contributed by atoms with Crippen LogP contribution >= 0.6 is 0 Å². The summed E-state index contributed by atoms with van der Waals surface area (Å²) < 4.78 is 0. The highest BCUT2D eigenvalue weighted by molar-refractivity contribution is 6.01. The molecule has 6 aliphatic rings. The molecule has 0 aromatic heterocycles. The molecule has 562 valence electrons. The van der Waals surface area contributed by atoms with Crippen LogP contribution in [0.5, 0.6) is 5.75 Å². The minimum absolute atomic E-state index is 0.0741. The number of phenolic OH excluding ortho intramolecular Hbond substituents is 1. The molecule has 3 saturated heterocycles. The van der Waals surface area contributed by atoms with Crippen molar-refractivity contribution in [3.63, 3.8) is 0 Å². The average molecular weight is 1440 g/mol. The van der Waals surface area contributed by atoms with E-state index in [-0.39, 0.29) is 31.5 Å². The maximum absolute atomic E-state index is 11.5. The number of benzene rings is 9. The number of hydrogen-bond acceptors (Lipinski definition) is 10. The lowest BCUT2D eigenvalue weighted by atomic mass is 9.85. The number of carbonyl (C=O) groups is 1. The SMILES string of the molecule is CC(=O)Nc1ccc(/C(=C(\CCCO)c2ccccc2)c2ccc(C3CCN(C4CC4)CC3)cc2)cc1.Nc1ccc(/C(=C(\CCCO)c2ccccc2)c2ccc(C3CCN(C4CC4)CC3)cc2)cc1.OCCC/C(=C(\c1ccc(O)cc1)c1ccc(N2CCN(C3CCCCC3)CC2)cc1)c1ccccc1. The van der Waals surface area contributed by atoms with Gasteiger partial charge in [-0.15, -0.1) is 0 Å². The lowest BCUT2D eigenvalue weighted by molar-refractivity contribution is -0.114. The van der Waals surface area contributed by atoms with Crippen LogP contribution in [0, 0.1) is 0 Å². The number of phenols is 1. The molecule has 108 heavy (non-hydrogen) atoms. The molecule has 0 unspecified atom stereocenters. The van der Waals surface area contributed by atoms with Crippen molar-refractivity contribution in [2.45, 2.75) is 159 Å². The van der Waals surface area contributed by atoms with Crippen molar-refractivity contribution < 1.29 is 25.2 Å². The number of likely N-dealkylation sites (tertiary alicyclic amines) is 2. The summed E-state index contributed by atoms with van der Waals surface area (Å²) in [5.41, 5.74) is 29.5. The fourth-order valence-electron chi connectivity index (χ4n) is 17.2. The minimum atomic E-state index is -0.0741. The molecule has 15 rings (SSSR count). The molecular formula is C97H114N6O5. The predicted octanol–water partition coefficient (Wildman–Crippen LogP) is 19.6. The summed E-state index contributed by atoms with van der Waals surface area (Å²) in [5, 5.41) is 41.7. The largest absolute Gasteiger partial charge is 0.508 e. The number of piperidine rings is 2. The van der Waals surface area contributed by atoms with Gasteiger partial charge in [0.05, 0.1) is 0 Å². The Labute approximate surface area is 643 Å². The smallest absolute Gasteiger partial charge is 0.221 e. The van der Waals surface area contributed by atoms with Gasteiger partial charge in [0.25, 0.3) is 0 Å². The molecule has 3 aliphatic heterocycles. The van der Waals surface area contributed by atoms with Gasteiger partial charge in [-0.05, 0) is 284 Å². The summed E-state index contributed by atoms with van der Waals surface area (Å²) in [4.78, 5) is 22.2. The molecule has 11 nitrogen and oxygen atoms in total. The zero-order chi connectivity index (χ0) is 74.4. The number of rotatable bonds is 25. The molecule has 11 heteroatoms. The summed E-state index contributed by atoms with van der Waals surface area (Å²) in [6, 6.07) is 85.4. The summed E-state index contributed by atoms with van der Waals surface area (Å²) in [7, 11) is 0. The van der Waals surface area contributed by atoms with Gasteiger partial charge in [-0.2, -0.15) is 0 Å². The fraction of sp³-hybridized carbons (Fsp3) is 0.371. The molecule has 1 amide bonds. The zero-order valence-electron chi connectivity index (χ0n) is 63.7. The van der Waals surface area contributed by atoms with E-state index in [4.69, 9.17) is 5.73 Å². The average Bonchev–Trinajstić information content (AvgIpc) is 1.24. The third-order valence-corrected chi connectivity index (χ3v) is 23.3. The molecule has 3 saturated carbocycles. The monoisotopic (exact) mass is 1440 g/mol. The van der Waals surface area contributed by atoms with Crippen LogP contribution in [0.4, 0.5) is 17.1 Å². The van der Waals surface area contributed by atoms with Crippen molar-refractivity contribution >= 4 is 56.4 Å². The number of aromatic hydroxyl groups is 1. The number of hydrogen-bond donors (Lipinski definition) is 6. The van der Waals surface area contributed by atoms with E-state index < -0.39 is 0 Å². The van der Waals surface area contributed by atoms with E-state index in [0.717, 1.165) is 109 Å². The Bertz CT molecular complexity index is 4330. The summed E-state index contributed by atoms with van der Waals surface area (Å²) in [6.07, 6.45) is 22.1. The standard InChI is InChI=1S/C33H38N2O2.C33H40N2O2.C31H36N2O/c1-24(37)34-30-15-13-29(14-16-30)33(32(8-5-23-36)27-6-3-2-4-7-27)28-11-9-25(10-12-28)26-19-21-35(22-20-26)31-17-18-31;36-25-7-12-32(26-8-3-1-4-9-26)33(28-15-19-31(37)20-16-28)27-13-17-30(18-14-27)35-23-21-34(22-24-35)29-10-5-2-6-11-29;32-28-14-12-27(13-15-28)31(30(7-4-22-34)25-5-2-1-3-6-25)26-10-8-23(9-11-26)24-18-20-33(21-19-24)29-16-17-29/h2-4,6-7,9-16,26,31,36H,5,8,17-23H2,1H3,(H,34,37);1,3-4,8-9,13-20,29,36-37H,2,5-7,10-12,21-25H2;1-3,5-6,8-15,24,29,34H,4,7,16-22,32H2/b2*33-32+;31-30+. The maximum atomic E-state index is 11.5. The number of nitrogens with one attached hydrogen (secondary N) is 1. The van der Waals surface area contributed by atoms with Gasteiger partial charge in [0.2, 0.25) is 5.91 Å². The molecule has 0 bridgehead atoms. The van der Waals surface area contributed by atoms with Crippen LogP contribution in [-0.2, 0) is 4.79 Å². The number of carbonyl (C=O) groups excluding carboxylic acids is 1. The second kappa shape index (κ2) is 38.8. The number of piperazine rings is 1. The van der Waals surface area contributed by atoms with Crippen molar-refractivity contribution in [3.8, 4) is 5.75 Å². The highest BCUT2D eigenvalue weighted by atomic mass is 16.3. The lowest BCUT2D eigenvalue weighted by Crippen LogP contribution is -2.50. The number of aliphatic hydroxyl groups is 3. The number of aliphatic hydroxyl groups excluding tert-OH is 3. The van der Waals surface area contributed by atoms with E-state index in [1.165, 1.54) is 189 Å². The topological polar surface area (TPSA) is 149 Å². The second-order valence-electron chi connectivity index (χ2n) is 30.8. The highest BCUT2D eigenvalue weighted by Crippen LogP contribution is 2.43. The fourth-order valence-corrected chi connectivity index (χ4v) is 17.2. The highest BCUT2D eigenvalue weighted by Gasteiger charge is 2.34. The maximum Gasteiger partial charge on any atom is 0.221 e. The Balaban J connectivity index is 0.000000143. The van der Waals surface area contributed by atoms with E-state index in [2.05, 4.69) is 201 Å². The second-order valence-corrected chi connectivity index (χ2v) is 30.8. The quantitative estimate of drug-likeness (QED) is 0.0241. The summed E-state index contributed by atoms with van der Waals surface area (Å²) in [6.45, 7) is 11.4. The van der Waals surface area contributed by atoms with E-state index in [0.29, 0.717) is 24.7 Å². The van der Waals surface area contributed by atoms with E-state index in [1.807, 2.05) is 48.5 Å². The lowest BCUT2D eigenvalue weighted by Gasteiger charge is -2.41. The van der Waals surface area contributed by atoms with Crippen LogP contribution in [-0.4, -0.2) is 131 Å². The molecular weight excluding hydrogens is 1330 g/mol. The van der Waals surface area contributed by atoms with Gasteiger partial charge in [0.1, 0.15) is 5.75 Å². The molecule has 9 aromatic carbocycles. The normalized spacial score (nSPS) is 17.8. The number of allylic oxidation sites excluding steroid dienone is 3. The van der Waals surface area contributed by atoms with Crippen molar-refractivity contribution in [2.75, 3.05) is 88.1 Å². The molecule has 3 aliphatic carbocycles. The predicted molar refractivity (Wildman–Crippen MR) is 449 cm³/mol. The molecule has 3 heterocycles. The number of anilines is 3. The first-order valence-electron chi connectivity index (χ1n) is 40.6. The molecule has 7 N–H and O–H groups in total. The van der Waals surface area contributed by atoms with Gasteiger partial charge in [-0.1, -0.05) is 207 Å². The van der Waals surface area contributed by atoms with Crippen molar-refractivity contribution in [1.82, 2.24) is 14.7 Å². The first-order valence-corrected chi connectivity index (χ1v) is 40.6. The van der Waals surface area contributed by atoms with Crippen LogP contribution in [0.1, 0.15) is 202 Å². The number of nitrogen functional groups attached to an aromatic ring is 1. The summed E-state index contributed by atoms with van der Waals surface area (Å²) in [5.74, 6) is 1.49. The Morgan fingerprint density at radius 1 is 0.361 bits per heavy atom. The third-order valence-electron chi connectivity index (χ3n) is 23.3. The number of nitrogens with zero attached hydrogens (tertiary/aromatic N) is 4. The third kappa shape index (κ3) is 20.8. The number of amides is 1. The Kier molecular flexibility index (Phi) is 27.6. The van der Waals surface area contributed by atoms with Gasteiger partial charge in [0.15, 0.2) is 0 Å². The van der Waals surface area contributed by atoms with Crippen LogP contribution in [0.3, 0.4) is 0 Å². The van der Waals surface area contributed by atoms with Gasteiger partial charge in [-0.3, -0.25) is 9.69 Å². The molecule has 9 aromatic rings. The molecule has 6 fully saturated rings. The Morgan fingerprint density at radius 2 is 0.685 bits per heavy atom. The molecule has 0 atom stereocenters. The van der Waals surface area contributed by atoms with Gasteiger partial charge in [-0.25, -0.2) is 0 Å². The van der Waals surface area contributed by atoms with Gasteiger partial charge in [0, 0.05) is 88.1 Å². The van der Waals surface area contributed by atoms with E-state index >= 15 is 0 Å². The minimum Gasteiger partial charge on any atom is -0.508 e. The van der Waals surface area contributed by atoms with Crippen LogP contribution < -0.4 is 16.0 Å². The van der Waals surface area contributed by atoms with Crippen LogP contribution in [0.2, 0.25) is 0 Å². The van der Waals surface area contributed by atoms with E-state index in [1.54, 1.807) is 12.1 Å². The van der Waals surface area contributed by atoms with Crippen LogP contribution in [0.25, 0.3) is 33.4 Å². The molecule has 0 spiro atoms. The summed E-state index contributed by atoms with van der Waals surface area (Å²) >= 11 is 0. The van der Waals surface area contributed by atoms with Crippen LogP contribution in [0.15, 0.2) is 237 Å². The molecule has 0 radical (unpaired) electrons. The van der Waals surface area contributed by atoms with Gasteiger partial charge >= 0.3 is 0 Å². The van der Waals surface area contributed by atoms with Crippen molar-refractivity contribution in [3.05, 3.63) is 298 Å². The first kappa shape index (κ1) is 77.0. The zero-order valence-corrected chi connectivity index (χ0v) is 63.7. The first-order chi connectivity index (χ1) is 53.1. The number of nitrogens with two attached hydrogens (primary N) is 1. The Morgan fingerprint density at radius 3 is 1.04 bits per heavy atom.